The first-order chi connectivity index (χ1) is 9.88. The number of hydrogen-bond acceptors (Lipinski definition) is 5. The number of anilines is 2. The van der Waals surface area contributed by atoms with Crippen LogP contribution in [0.4, 0.5) is 11.5 Å². The van der Waals surface area contributed by atoms with E-state index in [2.05, 4.69) is 10.3 Å². The molecule has 0 fully saturated rings. The van der Waals surface area contributed by atoms with Gasteiger partial charge in [-0.05, 0) is 26.2 Å². The molecule has 0 radical (unpaired) electrons. The lowest BCUT2D eigenvalue weighted by Crippen LogP contribution is -2.41. The summed E-state index contributed by atoms with van der Waals surface area (Å²) in [7, 11) is 0. The Kier molecular flexibility index (Phi) is 6.02. The van der Waals surface area contributed by atoms with Crippen LogP contribution in [-0.2, 0) is 6.54 Å². The predicted octanol–water partition coefficient (Wildman–Crippen LogP) is 0.882. The number of aromatic amines is 1. The van der Waals surface area contributed by atoms with Crippen molar-refractivity contribution in [3.8, 4) is 0 Å². The fourth-order valence-corrected chi connectivity index (χ4v) is 2.12. The third-order valence-electron chi connectivity index (χ3n) is 3.85. The monoisotopic (exact) mass is 298 g/mol. The molecule has 0 aliphatic heterocycles. The number of nitrogens with zero attached hydrogens (tertiary/aromatic N) is 1. The molecule has 5 N–H and O–H groups in total. The van der Waals surface area contributed by atoms with Gasteiger partial charge in [-0.1, -0.05) is 20.3 Å². The Labute approximate surface area is 124 Å². The van der Waals surface area contributed by atoms with Crippen LogP contribution in [0.25, 0.3) is 0 Å². The molecule has 0 aliphatic rings. The van der Waals surface area contributed by atoms with Crippen LogP contribution in [-0.4, -0.2) is 26.8 Å². The summed E-state index contributed by atoms with van der Waals surface area (Å²) >= 11 is 0. The van der Waals surface area contributed by atoms with E-state index in [0.29, 0.717) is 19.4 Å². The van der Waals surface area contributed by atoms with Crippen molar-refractivity contribution in [2.75, 3.05) is 17.7 Å². The second-order valence-electron chi connectivity index (χ2n) is 5.54. The maximum Gasteiger partial charge on any atom is 0.330 e. The molecule has 0 amide bonds. The highest BCUT2D eigenvalue weighted by atomic mass is 16.3. The molecular formula is C14H26N4O3. The quantitative estimate of drug-likeness (QED) is 0.569. The van der Waals surface area contributed by atoms with Gasteiger partial charge in [0.05, 0.1) is 0 Å². The number of rotatable bonds is 8. The van der Waals surface area contributed by atoms with E-state index >= 15 is 0 Å². The number of nitrogen functional groups attached to an aromatic ring is 1. The molecule has 1 aromatic heterocycles. The Morgan fingerprint density at radius 3 is 2.57 bits per heavy atom. The van der Waals surface area contributed by atoms with E-state index in [0.717, 1.165) is 12.8 Å². The van der Waals surface area contributed by atoms with Crippen molar-refractivity contribution in [3.05, 3.63) is 20.8 Å². The number of nitrogens with two attached hydrogens (primary N) is 1. The average molecular weight is 298 g/mol. The van der Waals surface area contributed by atoms with Crippen LogP contribution in [0.5, 0.6) is 0 Å². The molecule has 7 heteroatoms. The molecule has 0 saturated heterocycles. The molecule has 120 valence electrons. The minimum Gasteiger partial charge on any atom is -0.396 e. The minimum absolute atomic E-state index is 0.00459. The number of hydrogen-bond donors (Lipinski definition) is 4. The fourth-order valence-electron chi connectivity index (χ4n) is 2.12. The van der Waals surface area contributed by atoms with Gasteiger partial charge in [-0.15, -0.1) is 0 Å². The van der Waals surface area contributed by atoms with Crippen molar-refractivity contribution in [1.29, 1.82) is 0 Å². The molecule has 1 heterocycles. The van der Waals surface area contributed by atoms with E-state index in [1.54, 1.807) is 0 Å². The maximum atomic E-state index is 12.0. The smallest absolute Gasteiger partial charge is 0.330 e. The second kappa shape index (κ2) is 7.31. The van der Waals surface area contributed by atoms with Gasteiger partial charge in [-0.25, -0.2) is 4.79 Å². The van der Waals surface area contributed by atoms with Gasteiger partial charge in [-0.3, -0.25) is 14.3 Å². The number of aliphatic hydroxyl groups excluding tert-OH is 1. The van der Waals surface area contributed by atoms with E-state index in [4.69, 9.17) is 10.8 Å². The highest BCUT2D eigenvalue weighted by Crippen LogP contribution is 2.22. The summed E-state index contributed by atoms with van der Waals surface area (Å²) in [5.41, 5.74) is 4.73. The SMILES string of the molecule is CCCCn1c(N)c(NC(C)(CC)CCO)c(=O)[nH]c1=O. The average Bonchev–Trinajstić information content (AvgIpc) is 2.43. The van der Waals surface area contributed by atoms with E-state index in [9.17, 15) is 9.59 Å². The molecule has 1 aromatic rings. The summed E-state index contributed by atoms with van der Waals surface area (Å²) in [6, 6.07) is 0. The molecule has 0 spiro atoms. The van der Waals surface area contributed by atoms with Crippen LogP contribution in [0, 0.1) is 0 Å². The summed E-state index contributed by atoms with van der Waals surface area (Å²) in [5, 5.41) is 12.3. The lowest BCUT2D eigenvalue weighted by atomic mass is 9.94. The van der Waals surface area contributed by atoms with E-state index in [-0.39, 0.29) is 18.1 Å². The maximum absolute atomic E-state index is 12.0. The molecule has 1 atom stereocenters. The first kappa shape index (κ1) is 17.3. The van der Waals surface area contributed by atoms with E-state index in [1.807, 2.05) is 20.8 Å². The van der Waals surface area contributed by atoms with Gasteiger partial charge in [0.15, 0.2) is 0 Å². The zero-order chi connectivity index (χ0) is 16.0. The Morgan fingerprint density at radius 1 is 1.38 bits per heavy atom. The molecule has 0 aromatic carbocycles. The third kappa shape index (κ3) is 4.10. The predicted molar refractivity (Wildman–Crippen MR) is 84.7 cm³/mol. The Morgan fingerprint density at radius 2 is 2.05 bits per heavy atom. The molecule has 1 unspecified atom stereocenters. The zero-order valence-corrected chi connectivity index (χ0v) is 13.0. The largest absolute Gasteiger partial charge is 0.396 e. The minimum atomic E-state index is -0.525. The summed E-state index contributed by atoms with van der Waals surface area (Å²) in [4.78, 5) is 26.1. The third-order valence-corrected chi connectivity index (χ3v) is 3.85. The number of aromatic nitrogens is 2. The molecule has 0 bridgehead atoms. The zero-order valence-electron chi connectivity index (χ0n) is 13.0. The summed E-state index contributed by atoms with van der Waals surface area (Å²) in [5.74, 6) is 0.148. The van der Waals surface area contributed by atoms with Crippen molar-refractivity contribution in [3.63, 3.8) is 0 Å². The van der Waals surface area contributed by atoms with Crippen molar-refractivity contribution in [2.24, 2.45) is 0 Å². The molecule has 0 aliphatic carbocycles. The fraction of sp³-hybridized carbons (Fsp3) is 0.714. The second-order valence-corrected chi connectivity index (χ2v) is 5.54. The lowest BCUT2D eigenvalue weighted by Gasteiger charge is -2.30. The van der Waals surface area contributed by atoms with Gasteiger partial charge >= 0.3 is 5.69 Å². The Bertz CT molecular complexity index is 579. The first-order valence-electron chi connectivity index (χ1n) is 7.40. The van der Waals surface area contributed by atoms with Gasteiger partial charge in [-0.2, -0.15) is 0 Å². The highest BCUT2D eigenvalue weighted by molar-refractivity contribution is 5.61. The number of nitrogens with one attached hydrogen (secondary N) is 2. The van der Waals surface area contributed by atoms with Crippen molar-refractivity contribution < 1.29 is 5.11 Å². The molecule has 7 nitrogen and oxygen atoms in total. The molecule has 21 heavy (non-hydrogen) atoms. The number of aliphatic hydroxyl groups is 1. The van der Waals surface area contributed by atoms with Gasteiger partial charge < -0.3 is 16.2 Å². The summed E-state index contributed by atoms with van der Waals surface area (Å²) in [6.45, 7) is 6.35. The Hall–Kier alpha value is -1.76. The standard InChI is InChI=1S/C14H26N4O3/c1-4-6-8-18-11(15)10(12(20)16-13(18)21)17-14(3,5-2)7-9-19/h17,19H,4-9,15H2,1-3H3,(H,16,20,21). The van der Waals surface area contributed by atoms with Gasteiger partial charge in [0.1, 0.15) is 11.5 Å². The van der Waals surface area contributed by atoms with Crippen LogP contribution < -0.4 is 22.3 Å². The van der Waals surface area contributed by atoms with Crippen LogP contribution in [0.3, 0.4) is 0 Å². The van der Waals surface area contributed by atoms with Crippen molar-refractivity contribution in [1.82, 2.24) is 9.55 Å². The number of unbranched alkanes of at least 4 members (excludes halogenated alkanes) is 1. The lowest BCUT2D eigenvalue weighted by molar-refractivity contribution is 0.252. The van der Waals surface area contributed by atoms with Crippen LogP contribution in [0.15, 0.2) is 9.59 Å². The van der Waals surface area contributed by atoms with Crippen LogP contribution >= 0.6 is 0 Å². The summed E-state index contributed by atoms with van der Waals surface area (Å²) < 4.78 is 1.38. The molecule has 0 saturated carbocycles. The van der Waals surface area contributed by atoms with Crippen molar-refractivity contribution in [2.45, 2.75) is 58.5 Å². The van der Waals surface area contributed by atoms with Crippen molar-refractivity contribution >= 4 is 11.5 Å². The first-order valence-corrected chi connectivity index (χ1v) is 7.40. The van der Waals surface area contributed by atoms with Crippen LogP contribution in [0.1, 0.15) is 46.5 Å². The number of H-pyrrole nitrogens is 1. The summed E-state index contributed by atoms with van der Waals surface area (Å²) in [6.07, 6.45) is 2.92. The molecule has 1 rings (SSSR count). The van der Waals surface area contributed by atoms with Gasteiger partial charge in [0.2, 0.25) is 0 Å². The topological polar surface area (TPSA) is 113 Å². The molecular weight excluding hydrogens is 272 g/mol. The normalized spacial score (nSPS) is 13.9. The van der Waals surface area contributed by atoms with E-state index < -0.39 is 16.8 Å². The Balaban J connectivity index is 3.23. The van der Waals surface area contributed by atoms with Gasteiger partial charge in [0, 0.05) is 18.7 Å². The highest BCUT2D eigenvalue weighted by Gasteiger charge is 2.24. The van der Waals surface area contributed by atoms with Gasteiger partial charge in [0.25, 0.3) is 5.56 Å². The van der Waals surface area contributed by atoms with E-state index in [1.165, 1.54) is 4.57 Å². The van der Waals surface area contributed by atoms with Crippen LogP contribution in [0.2, 0.25) is 0 Å².